The maximum Gasteiger partial charge on any atom is 0.411 e. The van der Waals surface area contributed by atoms with Gasteiger partial charge >= 0.3 is 6.09 Å². The van der Waals surface area contributed by atoms with Crippen molar-refractivity contribution >= 4 is 23.8 Å². The van der Waals surface area contributed by atoms with Gasteiger partial charge in [0, 0.05) is 32.0 Å². The van der Waals surface area contributed by atoms with Crippen molar-refractivity contribution in [2.24, 2.45) is 11.7 Å². The van der Waals surface area contributed by atoms with Gasteiger partial charge in [0.05, 0.1) is 0 Å². The molecular formula is C29H42N4O5. The van der Waals surface area contributed by atoms with E-state index in [0.29, 0.717) is 12.3 Å². The molecule has 0 spiro atoms. The van der Waals surface area contributed by atoms with Gasteiger partial charge in [0.1, 0.15) is 17.7 Å². The average molecular weight is 527 g/mol. The minimum atomic E-state index is -0.878. The number of carbonyl (C=O) groups excluding carboxylic acids is 4. The van der Waals surface area contributed by atoms with Crippen LogP contribution in [0, 0.1) is 5.92 Å². The Kier molecular flexibility index (Phi) is 8.33. The van der Waals surface area contributed by atoms with Crippen molar-refractivity contribution in [3.63, 3.8) is 0 Å². The van der Waals surface area contributed by atoms with E-state index in [1.165, 1.54) is 5.56 Å². The Hall–Kier alpha value is -3.10. The Labute approximate surface area is 225 Å². The second-order valence-corrected chi connectivity index (χ2v) is 12.0. The number of rotatable bonds is 7. The lowest BCUT2D eigenvalue weighted by Crippen LogP contribution is -2.57. The lowest BCUT2D eigenvalue weighted by atomic mass is 9.88. The normalized spacial score (nSPS) is 24.3. The van der Waals surface area contributed by atoms with Crippen LogP contribution in [0.25, 0.3) is 0 Å². The molecule has 0 unspecified atom stereocenters. The highest BCUT2D eigenvalue weighted by Crippen LogP contribution is 2.43. The molecule has 2 bridgehead atoms. The van der Waals surface area contributed by atoms with Gasteiger partial charge in [0.25, 0.3) is 0 Å². The number of likely N-dealkylation sites (tertiary alicyclic amines) is 2. The van der Waals surface area contributed by atoms with Gasteiger partial charge in [0.2, 0.25) is 17.7 Å². The zero-order valence-electron chi connectivity index (χ0n) is 23.1. The molecular weight excluding hydrogens is 484 g/mol. The van der Waals surface area contributed by atoms with Gasteiger partial charge in [-0.1, -0.05) is 31.2 Å². The van der Waals surface area contributed by atoms with E-state index in [9.17, 15) is 19.2 Å². The van der Waals surface area contributed by atoms with E-state index < -0.39 is 29.7 Å². The van der Waals surface area contributed by atoms with E-state index in [-0.39, 0.29) is 30.2 Å². The van der Waals surface area contributed by atoms with E-state index in [4.69, 9.17) is 10.5 Å². The molecule has 2 heterocycles. The van der Waals surface area contributed by atoms with Gasteiger partial charge < -0.3 is 20.7 Å². The third kappa shape index (κ3) is 6.30. The fourth-order valence-electron chi connectivity index (χ4n) is 6.23. The number of nitrogens with one attached hydrogen (secondary N) is 1. The summed E-state index contributed by atoms with van der Waals surface area (Å²) >= 11 is 0. The van der Waals surface area contributed by atoms with Crippen LogP contribution in [0.1, 0.15) is 83.3 Å². The molecule has 1 aliphatic carbocycles. The number of primary amides is 1. The molecule has 4 rings (SSSR count). The number of fused-ring (bicyclic) bond motifs is 2. The number of hydrogen-bond acceptors (Lipinski definition) is 5. The van der Waals surface area contributed by atoms with Crippen LogP contribution < -0.4 is 11.1 Å². The SMILES string of the molecule is CCC(=O)N1CCC(c2ccc(C[C@H](NC(=O)[C@@H]3[C@H]4CC[C@H](C4)N3C(=O)OC(C)(C)C)C(N)=O)cc2)CC1. The zero-order chi connectivity index (χ0) is 27.6. The third-order valence-electron chi connectivity index (χ3n) is 8.16. The number of amides is 4. The van der Waals surface area contributed by atoms with E-state index in [0.717, 1.165) is 50.8 Å². The van der Waals surface area contributed by atoms with Gasteiger partial charge in [-0.15, -0.1) is 0 Å². The van der Waals surface area contributed by atoms with Crippen LogP contribution >= 0.6 is 0 Å². The number of carbonyl (C=O) groups is 4. The summed E-state index contributed by atoms with van der Waals surface area (Å²) < 4.78 is 5.58. The molecule has 1 saturated carbocycles. The Morgan fingerprint density at radius 3 is 2.29 bits per heavy atom. The van der Waals surface area contributed by atoms with Crippen LogP contribution in [-0.2, 0) is 25.5 Å². The monoisotopic (exact) mass is 526 g/mol. The second-order valence-electron chi connectivity index (χ2n) is 12.0. The first kappa shape index (κ1) is 27.9. The molecule has 208 valence electrons. The summed E-state index contributed by atoms with van der Waals surface area (Å²) in [7, 11) is 0. The maximum absolute atomic E-state index is 13.4. The van der Waals surface area contributed by atoms with Crippen molar-refractivity contribution in [1.29, 1.82) is 0 Å². The summed E-state index contributed by atoms with van der Waals surface area (Å²) in [4.78, 5) is 54.1. The number of benzene rings is 1. The third-order valence-corrected chi connectivity index (χ3v) is 8.16. The van der Waals surface area contributed by atoms with Crippen LogP contribution in [0.5, 0.6) is 0 Å². The molecule has 0 radical (unpaired) electrons. The Morgan fingerprint density at radius 1 is 1.05 bits per heavy atom. The van der Waals surface area contributed by atoms with Crippen molar-refractivity contribution in [2.45, 2.75) is 102 Å². The highest BCUT2D eigenvalue weighted by Gasteiger charge is 2.52. The number of nitrogens with two attached hydrogens (primary N) is 1. The summed E-state index contributed by atoms with van der Waals surface area (Å²) in [5, 5.41) is 2.84. The quantitative estimate of drug-likeness (QED) is 0.565. The van der Waals surface area contributed by atoms with E-state index in [1.807, 2.05) is 24.0 Å². The van der Waals surface area contributed by atoms with Gasteiger partial charge in [-0.05, 0) is 75.8 Å². The molecule has 4 atom stereocenters. The number of nitrogens with zero attached hydrogens (tertiary/aromatic N) is 2. The summed E-state index contributed by atoms with van der Waals surface area (Å²) in [6.07, 6.45) is 4.69. The van der Waals surface area contributed by atoms with Gasteiger partial charge in [-0.25, -0.2) is 4.79 Å². The second kappa shape index (κ2) is 11.3. The standard InChI is InChI=1S/C29H42N4O5/c1-5-24(34)32-14-12-20(13-15-32)19-8-6-18(7-9-19)16-23(26(30)35)31-27(36)25-21-10-11-22(17-21)33(25)28(37)38-29(2,3)4/h6-9,20-23,25H,5,10-17H2,1-4H3,(H2,30,35)(H,31,36)/t21-,22+,23-,25-/m0/s1. The Morgan fingerprint density at radius 2 is 1.71 bits per heavy atom. The predicted molar refractivity (Wildman–Crippen MR) is 143 cm³/mol. The molecule has 1 aromatic carbocycles. The molecule has 9 heteroatoms. The molecule has 0 aromatic heterocycles. The minimum absolute atomic E-state index is 0.0165. The molecule has 3 aliphatic rings. The first-order valence-corrected chi connectivity index (χ1v) is 13.9. The molecule has 1 aromatic rings. The Bertz CT molecular complexity index is 1040. The molecule has 3 N–H and O–H groups in total. The van der Waals surface area contributed by atoms with Crippen molar-refractivity contribution in [3.05, 3.63) is 35.4 Å². The highest BCUT2D eigenvalue weighted by molar-refractivity contribution is 5.91. The fourth-order valence-corrected chi connectivity index (χ4v) is 6.23. The summed E-state index contributed by atoms with van der Waals surface area (Å²) in [6, 6.07) is 6.54. The summed E-state index contributed by atoms with van der Waals surface area (Å²) in [5.74, 6) is -0.301. The van der Waals surface area contributed by atoms with Crippen LogP contribution in [-0.4, -0.2) is 70.4 Å². The molecule has 9 nitrogen and oxygen atoms in total. The largest absolute Gasteiger partial charge is 0.444 e. The smallest absolute Gasteiger partial charge is 0.411 e. The van der Waals surface area contributed by atoms with Crippen molar-refractivity contribution in [2.75, 3.05) is 13.1 Å². The van der Waals surface area contributed by atoms with Crippen LogP contribution in [0.3, 0.4) is 0 Å². The van der Waals surface area contributed by atoms with Crippen LogP contribution in [0.4, 0.5) is 4.79 Å². The zero-order valence-corrected chi connectivity index (χ0v) is 23.1. The maximum atomic E-state index is 13.4. The lowest BCUT2D eigenvalue weighted by Gasteiger charge is -2.36. The van der Waals surface area contributed by atoms with Crippen molar-refractivity contribution in [1.82, 2.24) is 15.1 Å². The summed E-state index contributed by atoms with van der Waals surface area (Å²) in [5.41, 5.74) is 7.14. The fraction of sp³-hybridized carbons (Fsp3) is 0.655. The van der Waals surface area contributed by atoms with Gasteiger partial charge in [-0.3, -0.25) is 19.3 Å². The van der Waals surface area contributed by atoms with E-state index >= 15 is 0 Å². The Balaban J connectivity index is 1.38. The first-order valence-electron chi connectivity index (χ1n) is 13.9. The molecule has 2 aliphatic heterocycles. The first-order chi connectivity index (χ1) is 18.0. The molecule has 3 fully saturated rings. The van der Waals surface area contributed by atoms with Crippen LogP contribution in [0.2, 0.25) is 0 Å². The van der Waals surface area contributed by atoms with Gasteiger partial charge in [-0.2, -0.15) is 0 Å². The van der Waals surface area contributed by atoms with Crippen molar-refractivity contribution in [3.8, 4) is 0 Å². The molecule has 38 heavy (non-hydrogen) atoms. The number of piperidine rings is 2. The van der Waals surface area contributed by atoms with Crippen LogP contribution in [0.15, 0.2) is 24.3 Å². The van der Waals surface area contributed by atoms with E-state index in [2.05, 4.69) is 17.4 Å². The number of ether oxygens (including phenoxy) is 1. The van der Waals surface area contributed by atoms with E-state index in [1.54, 1.807) is 25.7 Å². The lowest BCUT2D eigenvalue weighted by molar-refractivity contribution is -0.132. The topological polar surface area (TPSA) is 122 Å². The summed E-state index contributed by atoms with van der Waals surface area (Å²) in [6.45, 7) is 8.86. The molecule has 4 amide bonds. The average Bonchev–Trinajstić information content (AvgIpc) is 3.49. The van der Waals surface area contributed by atoms with Gasteiger partial charge in [0.15, 0.2) is 0 Å². The predicted octanol–water partition coefficient (Wildman–Crippen LogP) is 3.10. The van der Waals surface area contributed by atoms with Crippen molar-refractivity contribution < 1.29 is 23.9 Å². The number of hydrogen-bond donors (Lipinski definition) is 2. The highest BCUT2D eigenvalue weighted by atomic mass is 16.6. The minimum Gasteiger partial charge on any atom is -0.444 e. The molecule has 2 saturated heterocycles.